The van der Waals surface area contributed by atoms with Crippen LogP contribution in [0, 0.1) is 5.82 Å². The summed E-state index contributed by atoms with van der Waals surface area (Å²) in [5.41, 5.74) is 1.64. The number of halogens is 3. The molecule has 0 aromatic heterocycles. The second-order valence-corrected chi connectivity index (χ2v) is 7.14. The first-order valence-electron chi connectivity index (χ1n) is 9.38. The molecule has 0 N–H and O–H groups in total. The number of amides is 1. The largest absolute Gasteiger partial charge is 0.445 e. The molecule has 2 heterocycles. The maximum absolute atomic E-state index is 14.0. The van der Waals surface area contributed by atoms with E-state index in [4.69, 9.17) is 9.47 Å². The van der Waals surface area contributed by atoms with Crippen LogP contribution in [-0.4, -0.2) is 36.3 Å². The molecule has 2 aromatic carbocycles. The quantitative estimate of drug-likeness (QED) is 0.725. The van der Waals surface area contributed by atoms with Crippen molar-refractivity contribution in [2.24, 2.45) is 0 Å². The van der Waals surface area contributed by atoms with Gasteiger partial charge in [-0.25, -0.2) is 18.0 Å². The fraction of sp³-hybridized carbons (Fsp3) is 0.318. The average Bonchev–Trinajstić information content (AvgIpc) is 2.71. The van der Waals surface area contributed by atoms with Gasteiger partial charge in [0.25, 0.3) is 6.43 Å². The van der Waals surface area contributed by atoms with Crippen LogP contribution in [0.3, 0.4) is 0 Å². The van der Waals surface area contributed by atoms with E-state index in [-0.39, 0.29) is 18.7 Å². The number of alkyl halides is 2. The molecule has 2 aromatic rings. The number of nitrogens with zero attached hydrogens (tertiary/aromatic N) is 1. The van der Waals surface area contributed by atoms with Gasteiger partial charge in [0.2, 0.25) is 0 Å². The number of hydrogen-bond donors (Lipinski definition) is 0. The van der Waals surface area contributed by atoms with Crippen LogP contribution in [0.15, 0.2) is 54.6 Å². The Kier molecular flexibility index (Phi) is 5.58. The molecule has 29 heavy (non-hydrogen) atoms. The predicted octanol–water partition coefficient (Wildman–Crippen LogP) is 4.96. The van der Waals surface area contributed by atoms with Gasteiger partial charge in [0.15, 0.2) is 0 Å². The first-order chi connectivity index (χ1) is 14.0. The lowest BCUT2D eigenvalue weighted by Gasteiger charge is -2.43. The lowest BCUT2D eigenvalue weighted by Crippen LogP contribution is -2.56. The SMILES string of the molecule is O=C(OCc1ccccc1)N1C2C=C(c3ccc(C(F)F)c(F)c3)CC1COC2. The highest BCUT2D eigenvalue weighted by atomic mass is 19.3. The predicted molar refractivity (Wildman–Crippen MR) is 101 cm³/mol. The summed E-state index contributed by atoms with van der Waals surface area (Å²) in [6, 6.07) is 12.5. The minimum absolute atomic E-state index is 0.174. The molecule has 0 saturated carbocycles. The maximum Gasteiger partial charge on any atom is 0.411 e. The highest BCUT2D eigenvalue weighted by Crippen LogP contribution is 2.34. The lowest BCUT2D eigenvalue weighted by molar-refractivity contribution is -0.0342. The van der Waals surface area contributed by atoms with Crippen molar-refractivity contribution in [3.05, 3.63) is 77.1 Å². The van der Waals surface area contributed by atoms with Gasteiger partial charge in [-0.3, -0.25) is 4.90 Å². The molecule has 0 radical (unpaired) electrons. The molecule has 4 rings (SSSR count). The second-order valence-electron chi connectivity index (χ2n) is 7.14. The first-order valence-corrected chi connectivity index (χ1v) is 9.38. The Bertz CT molecular complexity index is 917. The summed E-state index contributed by atoms with van der Waals surface area (Å²) in [6.07, 6.45) is -1.02. The van der Waals surface area contributed by atoms with Crippen molar-refractivity contribution in [1.29, 1.82) is 0 Å². The summed E-state index contributed by atoms with van der Waals surface area (Å²) in [7, 11) is 0. The van der Waals surface area contributed by atoms with E-state index in [9.17, 15) is 18.0 Å². The van der Waals surface area contributed by atoms with Crippen LogP contribution >= 0.6 is 0 Å². The Morgan fingerprint density at radius 2 is 1.97 bits per heavy atom. The highest BCUT2D eigenvalue weighted by Gasteiger charge is 2.39. The zero-order valence-corrected chi connectivity index (χ0v) is 15.6. The van der Waals surface area contributed by atoms with Crippen LogP contribution in [0.4, 0.5) is 18.0 Å². The number of benzene rings is 2. The van der Waals surface area contributed by atoms with Gasteiger partial charge in [-0.2, -0.15) is 0 Å². The smallest absolute Gasteiger partial charge is 0.411 e. The van der Waals surface area contributed by atoms with Crippen LogP contribution in [0.2, 0.25) is 0 Å². The van der Waals surface area contributed by atoms with Crippen LogP contribution in [0.25, 0.3) is 5.57 Å². The van der Waals surface area contributed by atoms with Crippen molar-refractivity contribution >= 4 is 11.7 Å². The molecule has 4 nitrogen and oxygen atoms in total. The lowest BCUT2D eigenvalue weighted by atomic mass is 9.89. The third kappa shape index (κ3) is 4.15. The Morgan fingerprint density at radius 3 is 2.66 bits per heavy atom. The van der Waals surface area contributed by atoms with Crippen molar-refractivity contribution in [2.45, 2.75) is 31.5 Å². The van der Waals surface area contributed by atoms with E-state index in [1.807, 2.05) is 36.4 Å². The molecule has 152 valence electrons. The number of hydrogen-bond acceptors (Lipinski definition) is 3. The fourth-order valence-corrected chi connectivity index (χ4v) is 3.79. The molecular weight excluding hydrogens is 383 g/mol. The zero-order valence-electron chi connectivity index (χ0n) is 15.6. The Labute approximate surface area is 166 Å². The standard InChI is InChI=1S/C22H20F3NO3/c23-20-10-15(6-7-19(20)21(24)25)16-8-17-12-28-13-18(9-16)26(17)22(27)29-11-14-4-2-1-3-5-14/h1-8,10,17-18,21H,9,11-13H2. The molecule has 0 spiro atoms. The number of fused-ring (bicyclic) bond motifs is 2. The highest BCUT2D eigenvalue weighted by molar-refractivity contribution is 5.74. The van der Waals surface area contributed by atoms with Gasteiger partial charge < -0.3 is 9.47 Å². The van der Waals surface area contributed by atoms with Gasteiger partial charge in [-0.15, -0.1) is 0 Å². The van der Waals surface area contributed by atoms with E-state index in [1.165, 1.54) is 6.07 Å². The normalized spacial score (nSPS) is 21.1. The minimum Gasteiger partial charge on any atom is -0.445 e. The number of carbonyl (C=O) groups excluding carboxylic acids is 1. The second kappa shape index (κ2) is 8.29. The molecule has 0 aliphatic carbocycles. The first kappa shape index (κ1) is 19.5. The fourth-order valence-electron chi connectivity index (χ4n) is 3.79. The molecule has 1 saturated heterocycles. The number of carbonyl (C=O) groups is 1. The van der Waals surface area contributed by atoms with Gasteiger partial charge in [0.05, 0.1) is 30.9 Å². The van der Waals surface area contributed by atoms with Crippen molar-refractivity contribution in [3.8, 4) is 0 Å². The Hall–Kier alpha value is -2.80. The Morgan fingerprint density at radius 1 is 1.17 bits per heavy atom. The number of morpholine rings is 1. The van der Waals surface area contributed by atoms with E-state index >= 15 is 0 Å². The summed E-state index contributed by atoms with van der Waals surface area (Å²) in [6.45, 7) is 0.817. The summed E-state index contributed by atoms with van der Waals surface area (Å²) in [5.74, 6) is -0.926. The van der Waals surface area contributed by atoms with E-state index in [2.05, 4.69) is 0 Å². The Balaban J connectivity index is 1.51. The summed E-state index contributed by atoms with van der Waals surface area (Å²) in [4.78, 5) is 14.3. The van der Waals surface area contributed by atoms with Crippen molar-refractivity contribution in [3.63, 3.8) is 0 Å². The molecule has 2 atom stereocenters. The molecule has 2 aliphatic rings. The number of ether oxygens (including phenoxy) is 2. The average molecular weight is 403 g/mol. The molecule has 7 heteroatoms. The molecule has 2 bridgehead atoms. The van der Waals surface area contributed by atoms with E-state index in [1.54, 1.807) is 4.90 Å². The topological polar surface area (TPSA) is 38.8 Å². The molecule has 2 unspecified atom stereocenters. The van der Waals surface area contributed by atoms with Crippen LogP contribution in [0.1, 0.15) is 29.5 Å². The van der Waals surface area contributed by atoms with Gasteiger partial charge in [-0.05, 0) is 35.3 Å². The van der Waals surface area contributed by atoms with Gasteiger partial charge >= 0.3 is 6.09 Å². The van der Waals surface area contributed by atoms with E-state index in [0.29, 0.717) is 25.2 Å². The molecular formula is C22H20F3NO3. The van der Waals surface area contributed by atoms with Crippen LogP contribution in [0.5, 0.6) is 0 Å². The third-order valence-electron chi connectivity index (χ3n) is 5.22. The molecule has 2 aliphatic heterocycles. The summed E-state index contributed by atoms with van der Waals surface area (Å²) < 4.78 is 50.6. The summed E-state index contributed by atoms with van der Waals surface area (Å²) in [5, 5.41) is 0. The van der Waals surface area contributed by atoms with Crippen molar-refractivity contribution < 1.29 is 27.4 Å². The van der Waals surface area contributed by atoms with E-state index in [0.717, 1.165) is 23.3 Å². The van der Waals surface area contributed by atoms with Crippen molar-refractivity contribution in [1.82, 2.24) is 4.90 Å². The van der Waals surface area contributed by atoms with Gasteiger partial charge in [0.1, 0.15) is 12.4 Å². The zero-order chi connectivity index (χ0) is 20.4. The number of rotatable bonds is 4. The summed E-state index contributed by atoms with van der Waals surface area (Å²) >= 11 is 0. The third-order valence-corrected chi connectivity index (χ3v) is 5.22. The molecule has 1 amide bonds. The molecule has 1 fully saturated rings. The van der Waals surface area contributed by atoms with Crippen LogP contribution in [-0.2, 0) is 16.1 Å². The van der Waals surface area contributed by atoms with Crippen molar-refractivity contribution in [2.75, 3.05) is 13.2 Å². The minimum atomic E-state index is -2.85. The van der Waals surface area contributed by atoms with Gasteiger partial charge in [0, 0.05) is 0 Å². The van der Waals surface area contributed by atoms with E-state index < -0.39 is 23.9 Å². The van der Waals surface area contributed by atoms with Crippen LogP contribution < -0.4 is 0 Å². The monoisotopic (exact) mass is 403 g/mol. The van der Waals surface area contributed by atoms with Gasteiger partial charge in [-0.1, -0.05) is 42.5 Å². The maximum atomic E-state index is 14.0.